The fourth-order valence-corrected chi connectivity index (χ4v) is 2.80. The molecule has 110 valence electrons. The minimum atomic E-state index is -1.11. The van der Waals surface area contributed by atoms with Gasteiger partial charge < -0.3 is 10.4 Å². The van der Waals surface area contributed by atoms with E-state index in [1.54, 1.807) is 0 Å². The van der Waals surface area contributed by atoms with Gasteiger partial charge in [0.1, 0.15) is 0 Å². The van der Waals surface area contributed by atoms with Crippen molar-refractivity contribution < 1.29 is 18.7 Å². The summed E-state index contributed by atoms with van der Waals surface area (Å²) in [4.78, 5) is 12.1. The molecule has 0 radical (unpaired) electrons. The molecular weight excluding hydrogens is 288 g/mol. The van der Waals surface area contributed by atoms with Crippen molar-refractivity contribution in [3.8, 4) is 0 Å². The van der Waals surface area contributed by atoms with Gasteiger partial charge in [-0.3, -0.25) is 4.79 Å². The summed E-state index contributed by atoms with van der Waals surface area (Å²) in [5, 5.41) is 11.9. The fraction of sp³-hybridized carbons (Fsp3) is 0.500. The Hall–Kier alpha value is -1.20. The topological polar surface area (TPSA) is 49.3 Å². The molecule has 0 heterocycles. The molecule has 1 saturated carbocycles. The van der Waals surface area contributed by atoms with E-state index in [-0.39, 0.29) is 29.2 Å². The lowest BCUT2D eigenvalue weighted by atomic mass is 9.85. The van der Waals surface area contributed by atoms with Crippen molar-refractivity contribution in [1.29, 1.82) is 0 Å². The largest absolute Gasteiger partial charge is 0.396 e. The smallest absolute Gasteiger partial charge is 0.253 e. The molecule has 0 aliphatic heterocycles. The highest BCUT2D eigenvalue weighted by Gasteiger charge is 2.27. The zero-order valence-electron chi connectivity index (χ0n) is 10.8. The minimum absolute atomic E-state index is 0.00299. The van der Waals surface area contributed by atoms with Crippen LogP contribution in [0.5, 0.6) is 0 Å². The monoisotopic (exact) mass is 303 g/mol. The molecule has 6 heteroatoms. The standard InChI is InChI=1S/C14H16ClF2NO2/c15-10-6-12(17)11(16)5-9(10)14(20)18-13-4-2-1-3-8(13)7-19/h5-6,8,13,19H,1-4,7H2,(H,18,20). The quantitative estimate of drug-likeness (QED) is 0.844. The molecule has 20 heavy (non-hydrogen) atoms. The second kappa shape index (κ2) is 6.50. The lowest BCUT2D eigenvalue weighted by molar-refractivity contribution is 0.0872. The van der Waals surface area contributed by atoms with Crippen LogP contribution in [0.3, 0.4) is 0 Å². The highest BCUT2D eigenvalue weighted by molar-refractivity contribution is 6.33. The number of hydrogen-bond acceptors (Lipinski definition) is 2. The van der Waals surface area contributed by atoms with Crippen molar-refractivity contribution in [3.05, 3.63) is 34.4 Å². The first-order chi connectivity index (χ1) is 9.52. The van der Waals surface area contributed by atoms with Gasteiger partial charge in [-0.25, -0.2) is 8.78 Å². The Morgan fingerprint density at radius 3 is 2.65 bits per heavy atom. The van der Waals surface area contributed by atoms with E-state index < -0.39 is 17.5 Å². The third-order valence-corrected chi connectivity index (χ3v) is 4.03. The van der Waals surface area contributed by atoms with Gasteiger partial charge >= 0.3 is 0 Å². The number of halogens is 3. The van der Waals surface area contributed by atoms with Crippen molar-refractivity contribution in [2.75, 3.05) is 6.61 Å². The molecule has 3 nitrogen and oxygen atoms in total. The van der Waals surface area contributed by atoms with Crippen LogP contribution in [0.25, 0.3) is 0 Å². The Labute approximate surface area is 120 Å². The van der Waals surface area contributed by atoms with E-state index in [1.165, 1.54) is 0 Å². The van der Waals surface area contributed by atoms with Crippen LogP contribution in [-0.2, 0) is 0 Å². The first-order valence-electron chi connectivity index (χ1n) is 6.59. The molecule has 0 bridgehead atoms. The van der Waals surface area contributed by atoms with Crippen molar-refractivity contribution in [3.63, 3.8) is 0 Å². The van der Waals surface area contributed by atoms with Gasteiger partial charge in [0, 0.05) is 18.6 Å². The number of aliphatic hydroxyl groups is 1. The summed E-state index contributed by atoms with van der Waals surface area (Å²) in [5.41, 5.74) is -0.0900. The lowest BCUT2D eigenvalue weighted by Gasteiger charge is -2.30. The van der Waals surface area contributed by atoms with E-state index in [1.807, 2.05) is 0 Å². The second-order valence-corrected chi connectivity index (χ2v) is 5.46. The van der Waals surface area contributed by atoms with Gasteiger partial charge in [-0.15, -0.1) is 0 Å². The minimum Gasteiger partial charge on any atom is -0.396 e. The maximum atomic E-state index is 13.2. The molecule has 2 atom stereocenters. The van der Waals surface area contributed by atoms with Gasteiger partial charge in [-0.1, -0.05) is 24.4 Å². The maximum absolute atomic E-state index is 13.2. The van der Waals surface area contributed by atoms with E-state index in [4.69, 9.17) is 11.6 Å². The Morgan fingerprint density at radius 2 is 1.95 bits per heavy atom. The second-order valence-electron chi connectivity index (χ2n) is 5.05. The molecular formula is C14H16ClF2NO2. The van der Waals surface area contributed by atoms with Crippen molar-refractivity contribution >= 4 is 17.5 Å². The summed E-state index contributed by atoms with van der Waals surface area (Å²) in [5.74, 6) is -2.74. The van der Waals surface area contributed by atoms with Crippen LogP contribution in [0.2, 0.25) is 5.02 Å². The number of carbonyl (C=O) groups is 1. The van der Waals surface area contributed by atoms with Gasteiger partial charge in [0.15, 0.2) is 11.6 Å². The first kappa shape index (κ1) is 15.2. The van der Waals surface area contributed by atoms with Crippen molar-refractivity contribution in [2.45, 2.75) is 31.7 Å². The normalized spacial score (nSPS) is 22.6. The number of carbonyl (C=O) groups excluding carboxylic acids is 1. The molecule has 1 amide bonds. The highest BCUT2D eigenvalue weighted by Crippen LogP contribution is 2.25. The summed E-state index contributed by atoms with van der Waals surface area (Å²) in [6.07, 6.45) is 3.59. The molecule has 1 aliphatic rings. The van der Waals surface area contributed by atoms with Gasteiger partial charge in [-0.05, 0) is 25.0 Å². The number of nitrogens with one attached hydrogen (secondary N) is 1. The van der Waals surface area contributed by atoms with Gasteiger partial charge in [0.05, 0.1) is 10.6 Å². The lowest BCUT2D eigenvalue weighted by Crippen LogP contribution is -2.43. The Morgan fingerprint density at radius 1 is 1.30 bits per heavy atom. The number of aliphatic hydroxyl groups excluding tert-OH is 1. The number of amides is 1. The van der Waals surface area contributed by atoms with Gasteiger partial charge in [0.2, 0.25) is 0 Å². The Balaban J connectivity index is 2.13. The zero-order valence-corrected chi connectivity index (χ0v) is 11.6. The third-order valence-electron chi connectivity index (χ3n) is 3.71. The van der Waals surface area contributed by atoms with Crippen LogP contribution in [-0.4, -0.2) is 23.7 Å². The molecule has 0 spiro atoms. The molecule has 1 fully saturated rings. The molecule has 2 unspecified atom stereocenters. The summed E-state index contributed by atoms with van der Waals surface area (Å²) >= 11 is 5.77. The molecule has 1 aliphatic carbocycles. The predicted molar refractivity (Wildman–Crippen MR) is 71.7 cm³/mol. The van der Waals surface area contributed by atoms with E-state index in [2.05, 4.69) is 5.32 Å². The zero-order chi connectivity index (χ0) is 14.7. The van der Waals surface area contributed by atoms with E-state index in [0.29, 0.717) is 0 Å². The summed E-state index contributed by atoms with van der Waals surface area (Å²) < 4.78 is 26.2. The summed E-state index contributed by atoms with van der Waals surface area (Å²) in [7, 11) is 0. The van der Waals surface area contributed by atoms with Crippen LogP contribution in [0.1, 0.15) is 36.0 Å². The average Bonchev–Trinajstić information content (AvgIpc) is 2.43. The maximum Gasteiger partial charge on any atom is 0.253 e. The van der Waals surface area contributed by atoms with E-state index in [9.17, 15) is 18.7 Å². The average molecular weight is 304 g/mol. The summed E-state index contributed by atoms with van der Waals surface area (Å²) in [6, 6.07) is 1.42. The summed E-state index contributed by atoms with van der Waals surface area (Å²) in [6.45, 7) is -0.00351. The van der Waals surface area contributed by atoms with Crippen LogP contribution < -0.4 is 5.32 Å². The van der Waals surface area contributed by atoms with Crippen molar-refractivity contribution in [1.82, 2.24) is 5.32 Å². The van der Waals surface area contributed by atoms with Crippen LogP contribution in [0.4, 0.5) is 8.78 Å². The third kappa shape index (κ3) is 3.27. The van der Waals surface area contributed by atoms with Gasteiger partial charge in [-0.2, -0.15) is 0 Å². The predicted octanol–water partition coefficient (Wildman–Crippen LogP) is 2.90. The van der Waals surface area contributed by atoms with E-state index >= 15 is 0 Å². The van der Waals surface area contributed by atoms with Gasteiger partial charge in [0.25, 0.3) is 5.91 Å². The first-order valence-corrected chi connectivity index (χ1v) is 6.97. The Bertz CT molecular complexity index is 510. The number of benzene rings is 1. The van der Waals surface area contributed by atoms with Crippen LogP contribution in [0.15, 0.2) is 12.1 Å². The highest BCUT2D eigenvalue weighted by atomic mass is 35.5. The van der Waals surface area contributed by atoms with E-state index in [0.717, 1.165) is 37.8 Å². The molecule has 1 aromatic rings. The molecule has 0 aromatic heterocycles. The molecule has 1 aromatic carbocycles. The molecule has 2 rings (SSSR count). The van der Waals surface area contributed by atoms with Crippen LogP contribution in [0, 0.1) is 17.6 Å². The number of hydrogen-bond donors (Lipinski definition) is 2. The Kier molecular flexibility index (Phi) is 4.94. The fourth-order valence-electron chi connectivity index (χ4n) is 2.56. The van der Waals surface area contributed by atoms with Crippen molar-refractivity contribution in [2.24, 2.45) is 5.92 Å². The molecule has 0 saturated heterocycles. The SMILES string of the molecule is O=C(NC1CCCCC1CO)c1cc(F)c(F)cc1Cl. The van der Waals surface area contributed by atoms with Crippen LogP contribution >= 0.6 is 11.6 Å². The molecule has 2 N–H and O–H groups in total. The number of rotatable bonds is 3.